The lowest BCUT2D eigenvalue weighted by atomic mass is 10.2. The monoisotopic (exact) mass is 335 g/mol. The number of carbonyl (C=O) groups is 1. The van der Waals surface area contributed by atoms with Gasteiger partial charge < -0.3 is 10.1 Å². The summed E-state index contributed by atoms with van der Waals surface area (Å²) >= 11 is 3.29. The van der Waals surface area contributed by atoms with E-state index in [1.807, 2.05) is 0 Å². The van der Waals surface area contributed by atoms with Crippen LogP contribution in [0.5, 0.6) is 5.75 Å². The van der Waals surface area contributed by atoms with Crippen molar-refractivity contribution in [3.63, 3.8) is 0 Å². The smallest absolute Gasteiger partial charge is 0.387 e. The lowest BCUT2D eigenvalue weighted by molar-refractivity contribution is -0.121. The lowest BCUT2D eigenvalue weighted by Gasteiger charge is -2.11. The summed E-state index contributed by atoms with van der Waals surface area (Å²) in [5.74, 6) is 0.00561. The molecular formula is C13H16BrF2NO2. The number of ether oxygens (including phenoxy) is 1. The zero-order valence-corrected chi connectivity index (χ0v) is 12.0. The second-order valence-corrected chi connectivity index (χ2v) is 4.70. The van der Waals surface area contributed by atoms with Crippen molar-refractivity contribution in [3.05, 3.63) is 29.8 Å². The fourth-order valence-electron chi connectivity index (χ4n) is 1.52. The highest BCUT2D eigenvalue weighted by Crippen LogP contribution is 2.19. The Morgan fingerprint density at radius 3 is 2.74 bits per heavy atom. The minimum atomic E-state index is -2.87. The molecule has 3 nitrogen and oxygen atoms in total. The number of hydrogen-bond acceptors (Lipinski definition) is 2. The number of rotatable bonds is 8. The maximum absolute atomic E-state index is 12.2. The fourth-order valence-corrected chi connectivity index (χ4v) is 1.92. The van der Waals surface area contributed by atoms with Gasteiger partial charge in [0, 0.05) is 23.9 Å². The van der Waals surface area contributed by atoms with E-state index in [0.29, 0.717) is 12.0 Å². The zero-order chi connectivity index (χ0) is 14.1. The second-order valence-electron chi connectivity index (χ2n) is 3.91. The Hall–Kier alpha value is -1.17. The molecule has 0 bridgehead atoms. The van der Waals surface area contributed by atoms with Crippen molar-refractivity contribution in [1.29, 1.82) is 0 Å². The van der Waals surface area contributed by atoms with Crippen molar-refractivity contribution in [3.8, 4) is 5.75 Å². The summed E-state index contributed by atoms with van der Waals surface area (Å²) in [4.78, 5) is 11.5. The van der Waals surface area contributed by atoms with Gasteiger partial charge in [0.05, 0.1) is 0 Å². The third-order valence-electron chi connectivity index (χ3n) is 2.45. The Morgan fingerprint density at radius 1 is 1.32 bits per heavy atom. The van der Waals surface area contributed by atoms with E-state index in [1.54, 1.807) is 18.2 Å². The van der Waals surface area contributed by atoms with Gasteiger partial charge in [0.25, 0.3) is 0 Å². The van der Waals surface area contributed by atoms with Crippen molar-refractivity contribution < 1.29 is 18.3 Å². The van der Waals surface area contributed by atoms with Crippen LogP contribution in [0.3, 0.4) is 0 Å². The first-order valence-electron chi connectivity index (χ1n) is 5.99. The molecule has 0 aliphatic heterocycles. The fraction of sp³-hybridized carbons (Fsp3) is 0.462. The Balaban J connectivity index is 2.46. The second kappa shape index (κ2) is 8.85. The van der Waals surface area contributed by atoms with Gasteiger partial charge in [-0.3, -0.25) is 4.79 Å². The SMILES string of the molecule is O=C(CCCCBr)NCc1ccccc1OC(F)F. The molecule has 1 N–H and O–H groups in total. The lowest BCUT2D eigenvalue weighted by Crippen LogP contribution is -2.22. The standard InChI is InChI=1S/C13H16BrF2NO2/c14-8-4-3-7-12(18)17-9-10-5-1-2-6-11(10)19-13(15)16/h1-2,5-6,13H,3-4,7-9H2,(H,17,18). The molecule has 0 saturated carbocycles. The van der Waals surface area contributed by atoms with E-state index in [-0.39, 0.29) is 18.2 Å². The van der Waals surface area contributed by atoms with Gasteiger partial charge in [0.1, 0.15) is 5.75 Å². The topological polar surface area (TPSA) is 38.3 Å². The third kappa shape index (κ3) is 6.52. The van der Waals surface area contributed by atoms with Crippen LogP contribution >= 0.6 is 15.9 Å². The van der Waals surface area contributed by atoms with Crippen LogP contribution in [0.4, 0.5) is 8.78 Å². The van der Waals surface area contributed by atoms with E-state index in [1.165, 1.54) is 6.07 Å². The first-order valence-corrected chi connectivity index (χ1v) is 7.11. The normalized spacial score (nSPS) is 10.5. The summed E-state index contributed by atoms with van der Waals surface area (Å²) in [7, 11) is 0. The summed E-state index contributed by atoms with van der Waals surface area (Å²) in [6.45, 7) is -2.67. The van der Waals surface area contributed by atoms with Gasteiger partial charge in [0.2, 0.25) is 5.91 Å². The van der Waals surface area contributed by atoms with E-state index in [0.717, 1.165) is 18.2 Å². The summed E-state index contributed by atoms with van der Waals surface area (Å²) in [5, 5.41) is 3.56. The molecule has 0 aliphatic rings. The Bertz CT molecular complexity index is 402. The average Bonchev–Trinajstić information content (AvgIpc) is 2.37. The zero-order valence-electron chi connectivity index (χ0n) is 10.4. The van der Waals surface area contributed by atoms with Crippen molar-refractivity contribution in [2.24, 2.45) is 0 Å². The molecule has 1 aromatic carbocycles. The molecule has 0 aromatic heterocycles. The predicted octanol–water partition coefficient (Wildman–Crippen LogP) is 3.47. The van der Waals surface area contributed by atoms with Crippen molar-refractivity contribution in [1.82, 2.24) is 5.32 Å². The van der Waals surface area contributed by atoms with Crippen LogP contribution in [-0.2, 0) is 11.3 Å². The van der Waals surface area contributed by atoms with E-state index in [9.17, 15) is 13.6 Å². The number of para-hydroxylation sites is 1. The highest BCUT2D eigenvalue weighted by Gasteiger charge is 2.09. The molecule has 1 amide bonds. The van der Waals surface area contributed by atoms with E-state index < -0.39 is 6.61 Å². The maximum atomic E-state index is 12.2. The maximum Gasteiger partial charge on any atom is 0.387 e. The van der Waals surface area contributed by atoms with Gasteiger partial charge in [0.15, 0.2) is 0 Å². The Morgan fingerprint density at radius 2 is 2.05 bits per heavy atom. The molecule has 6 heteroatoms. The van der Waals surface area contributed by atoms with Crippen molar-refractivity contribution in [2.45, 2.75) is 32.4 Å². The molecule has 1 rings (SSSR count). The predicted molar refractivity (Wildman–Crippen MR) is 72.6 cm³/mol. The molecule has 0 spiro atoms. The molecule has 0 unspecified atom stereocenters. The number of carbonyl (C=O) groups excluding carboxylic acids is 1. The van der Waals surface area contributed by atoms with Gasteiger partial charge in [-0.2, -0.15) is 8.78 Å². The summed E-state index contributed by atoms with van der Waals surface area (Å²) in [6, 6.07) is 6.43. The highest BCUT2D eigenvalue weighted by atomic mass is 79.9. The van der Waals surface area contributed by atoms with E-state index in [2.05, 4.69) is 26.0 Å². The van der Waals surface area contributed by atoms with Gasteiger partial charge in [-0.05, 0) is 18.9 Å². The van der Waals surface area contributed by atoms with Crippen LogP contribution in [0.15, 0.2) is 24.3 Å². The molecule has 0 radical (unpaired) electrons. The quantitative estimate of drug-likeness (QED) is 0.583. The van der Waals surface area contributed by atoms with Crippen molar-refractivity contribution in [2.75, 3.05) is 5.33 Å². The number of nitrogens with one attached hydrogen (secondary N) is 1. The molecule has 0 aliphatic carbocycles. The molecule has 0 fully saturated rings. The van der Waals surface area contributed by atoms with Crippen LogP contribution in [0.2, 0.25) is 0 Å². The van der Waals surface area contributed by atoms with Crippen LogP contribution in [0.25, 0.3) is 0 Å². The van der Waals surface area contributed by atoms with Crippen molar-refractivity contribution >= 4 is 21.8 Å². The van der Waals surface area contributed by atoms with Gasteiger partial charge in [-0.25, -0.2) is 0 Å². The molecule has 19 heavy (non-hydrogen) atoms. The first-order chi connectivity index (χ1) is 9.13. The van der Waals surface area contributed by atoms with Crippen LogP contribution in [0, 0.1) is 0 Å². The molecule has 0 saturated heterocycles. The van der Waals surface area contributed by atoms with E-state index >= 15 is 0 Å². The molecule has 106 valence electrons. The summed E-state index contributed by atoms with van der Waals surface area (Å²) < 4.78 is 28.8. The first kappa shape index (κ1) is 15.9. The number of hydrogen-bond donors (Lipinski definition) is 1. The number of alkyl halides is 3. The highest BCUT2D eigenvalue weighted by molar-refractivity contribution is 9.09. The van der Waals surface area contributed by atoms with Crippen LogP contribution < -0.4 is 10.1 Å². The van der Waals surface area contributed by atoms with Crippen LogP contribution in [0.1, 0.15) is 24.8 Å². The Labute approximate surface area is 119 Å². The minimum Gasteiger partial charge on any atom is -0.434 e. The molecule has 0 heterocycles. The van der Waals surface area contributed by atoms with Gasteiger partial charge in [-0.1, -0.05) is 34.1 Å². The van der Waals surface area contributed by atoms with Crippen LogP contribution in [-0.4, -0.2) is 17.8 Å². The minimum absolute atomic E-state index is 0.0900. The van der Waals surface area contributed by atoms with E-state index in [4.69, 9.17) is 0 Å². The Kier molecular flexibility index (Phi) is 7.40. The third-order valence-corrected chi connectivity index (χ3v) is 3.01. The summed E-state index contributed by atoms with van der Waals surface area (Å²) in [6.07, 6.45) is 2.16. The number of halogens is 3. The molecular weight excluding hydrogens is 320 g/mol. The van der Waals surface area contributed by atoms with Gasteiger partial charge in [-0.15, -0.1) is 0 Å². The molecule has 0 atom stereocenters. The number of unbranched alkanes of at least 4 members (excludes halogenated alkanes) is 1. The largest absolute Gasteiger partial charge is 0.434 e. The number of benzene rings is 1. The molecule has 1 aromatic rings. The number of amides is 1. The summed E-state index contributed by atoms with van der Waals surface area (Å²) in [5.41, 5.74) is 0.539. The average molecular weight is 336 g/mol. The van der Waals surface area contributed by atoms with Gasteiger partial charge >= 0.3 is 6.61 Å².